The standard InChI is InChI=1S/C16H25ClN2O/c1-4-13(18)8-14-15(17)6-5-7-16(14)19-9-11(2)20-12(3)10-19/h5-7,11-13H,4,8-10,18H2,1-3H3/t11-,12+,13?. The van der Waals surface area contributed by atoms with Crippen LogP contribution in [0.4, 0.5) is 5.69 Å². The van der Waals surface area contributed by atoms with E-state index in [9.17, 15) is 0 Å². The first-order valence-corrected chi connectivity index (χ1v) is 7.82. The van der Waals surface area contributed by atoms with Crippen LogP contribution < -0.4 is 10.6 Å². The van der Waals surface area contributed by atoms with Gasteiger partial charge in [0.1, 0.15) is 0 Å². The Kier molecular flexibility index (Phi) is 5.30. The van der Waals surface area contributed by atoms with Gasteiger partial charge in [0.15, 0.2) is 0 Å². The fourth-order valence-corrected chi connectivity index (χ4v) is 3.07. The second kappa shape index (κ2) is 6.79. The second-order valence-corrected chi connectivity index (χ2v) is 6.18. The molecular weight excluding hydrogens is 272 g/mol. The van der Waals surface area contributed by atoms with Crippen molar-refractivity contribution in [3.8, 4) is 0 Å². The summed E-state index contributed by atoms with van der Waals surface area (Å²) >= 11 is 6.41. The number of nitrogens with zero attached hydrogens (tertiary/aromatic N) is 1. The van der Waals surface area contributed by atoms with E-state index >= 15 is 0 Å². The number of hydrogen-bond acceptors (Lipinski definition) is 3. The number of anilines is 1. The van der Waals surface area contributed by atoms with Gasteiger partial charge in [0, 0.05) is 29.8 Å². The van der Waals surface area contributed by atoms with Crippen molar-refractivity contribution in [3.05, 3.63) is 28.8 Å². The SMILES string of the molecule is CCC(N)Cc1c(Cl)cccc1N1C[C@@H](C)O[C@@H](C)C1. The normalized spacial score (nSPS) is 24.8. The van der Waals surface area contributed by atoms with Crippen LogP contribution in [0.3, 0.4) is 0 Å². The molecule has 1 aliphatic heterocycles. The van der Waals surface area contributed by atoms with Crippen LogP contribution in [0.5, 0.6) is 0 Å². The van der Waals surface area contributed by atoms with Gasteiger partial charge in [0.25, 0.3) is 0 Å². The Morgan fingerprint density at radius 2 is 2.00 bits per heavy atom. The molecule has 1 unspecified atom stereocenters. The van der Waals surface area contributed by atoms with Crippen LogP contribution in [0, 0.1) is 0 Å². The van der Waals surface area contributed by atoms with Gasteiger partial charge < -0.3 is 15.4 Å². The average molecular weight is 297 g/mol. The minimum atomic E-state index is 0.157. The summed E-state index contributed by atoms with van der Waals surface area (Å²) in [6, 6.07) is 6.28. The molecular formula is C16H25ClN2O. The van der Waals surface area contributed by atoms with Crippen LogP contribution in [-0.2, 0) is 11.2 Å². The molecule has 0 saturated carbocycles. The topological polar surface area (TPSA) is 38.5 Å². The van der Waals surface area contributed by atoms with Crippen molar-refractivity contribution in [2.24, 2.45) is 5.73 Å². The highest BCUT2D eigenvalue weighted by atomic mass is 35.5. The summed E-state index contributed by atoms with van der Waals surface area (Å²) in [5.41, 5.74) is 8.51. The Hall–Kier alpha value is -0.770. The molecule has 2 N–H and O–H groups in total. The summed E-state index contributed by atoms with van der Waals surface area (Å²) in [6.45, 7) is 8.15. The summed E-state index contributed by atoms with van der Waals surface area (Å²) in [5, 5.41) is 0.818. The largest absolute Gasteiger partial charge is 0.372 e. The molecule has 1 aromatic rings. The van der Waals surface area contributed by atoms with E-state index in [1.165, 1.54) is 11.3 Å². The molecule has 0 aliphatic carbocycles. The van der Waals surface area contributed by atoms with Crippen LogP contribution in [0.2, 0.25) is 5.02 Å². The van der Waals surface area contributed by atoms with Gasteiger partial charge in [-0.15, -0.1) is 0 Å². The van der Waals surface area contributed by atoms with E-state index in [0.717, 1.165) is 31.0 Å². The van der Waals surface area contributed by atoms with E-state index in [0.29, 0.717) is 0 Å². The van der Waals surface area contributed by atoms with E-state index in [1.807, 2.05) is 12.1 Å². The average Bonchev–Trinajstić information content (AvgIpc) is 2.39. The minimum Gasteiger partial charge on any atom is -0.372 e. The summed E-state index contributed by atoms with van der Waals surface area (Å²) in [5.74, 6) is 0. The third-order valence-corrected chi connectivity index (χ3v) is 4.20. The maximum Gasteiger partial charge on any atom is 0.0726 e. The molecule has 0 radical (unpaired) electrons. The Bertz CT molecular complexity index is 442. The van der Waals surface area contributed by atoms with Gasteiger partial charge in [0.2, 0.25) is 0 Å². The summed E-state index contributed by atoms with van der Waals surface area (Å²) in [6.07, 6.45) is 2.27. The van der Waals surface area contributed by atoms with Gasteiger partial charge >= 0.3 is 0 Å². The fraction of sp³-hybridized carbons (Fsp3) is 0.625. The molecule has 1 fully saturated rings. The number of ether oxygens (including phenoxy) is 1. The molecule has 0 spiro atoms. The number of halogens is 1. The Morgan fingerprint density at radius 3 is 2.60 bits per heavy atom. The van der Waals surface area contributed by atoms with Crippen LogP contribution in [0.15, 0.2) is 18.2 Å². The molecule has 4 heteroatoms. The molecule has 112 valence electrons. The van der Waals surface area contributed by atoms with Gasteiger partial charge in [0.05, 0.1) is 12.2 Å². The summed E-state index contributed by atoms with van der Waals surface area (Å²) in [7, 11) is 0. The van der Waals surface area contributed by atoms with E-state index in [1.54, 1.807) is 0 Å². The Balaban J connectivity index is 2.28. The maximum absolute atomic E-state index is 6.41. The van der Waals surface area contributed by atoms with Crippen molar-refractivity contribution < 1.29 is 4.74 Å². The quantitative estimate of drug-likeness (QED) is 0.927. The monoisotopic (exact) mass is 296 g/mol. The fourth-order valence-electron chi connectivity index (χ4n) is 2.83. The molecule has 0 bridgehead atoms. The highest BCUT2D eigenvalue weighted by Crippen LogP contribution is 2.31. The first-order chi connectivity index (χ1) is 9.51. The van der Waals surface area contributed by atoms with Crippen LogP contribution in [0.1, 0.15) is 32.8 Å². The molecule has 1 aliphatic rings. The molecule has 0 aromatic heterocycles. The molecule has 1 saturated heterocycles. The lowest BCUT2D eigenvalue weighted by Crippen LogP contribution is -2.46. The van der Waals surface area contributed by atoms with Crippen molar-refractivity contribution in [2.75, 3.05) is 18.0 Å². The zero-order valence-corrected chi connectivity index (χ0v) is 13.4. The van der Waals surface area contributed by atoms with Gasteiger partial charge in [-0.3, -0.25) is 0 Å². The zero-order valence-electron chi connectivity index (χ0n) is 12.6. The molecule has 1 heterocycles. The van der Waals surface area contributed by atoms with Gasteiger partial charge in [-0.25, -0.2) is 0 Å². The smallest absolute Gasteiger partial charge is 0.0726 e. The molecule has 1 aromatic carbocycles. The Labute approximate surface area is 127 Å². The number of morpholine rings is 1. The highest BCUT2D eigenvalue weighted by Gasteiger charge is 2.24. The van der Waals surface area contributed by atoms with Crippen LogP contribution >= 0.6 is 11.6 Å². The second-order valence-electron chi connectivity index (χ2n) is 5.77. The molecule has 0 amide bonds. The van der Waals surface area contributed by atoms with Gasteiger partial charge in [-0.05, 0) is 44.4 Å². The van der Waals surface area contributed by atoms with Crippen molar-refractivity contribution in [2.45, 2.75) is 51.9 Å². The van der Waals surface area contributed by atoms with E-state index in [-0.39, 0.29) is 18.2 Å². The van der Waals surface area contributed by atoms with Gasteiger partial charge in [-0.2, -0.15) is 0 Å². The van der Waals surface area contributed by atoms with Crippen molar-refractivity contribution >= 4 is 17.3 Å². The lowest BCUT2D eigenvalue weighted by Gasteiger charge is -2.38. The number of rotatable bonds is 4. The maximum atomic E-state index is 6.41. The number of hydrogen-bond donors (Lipinski definition) is 1. The van der Waals surface area contributed by atoms with Crippen LogP contribution in [-0.4, -0.2) is 31.3 Å². The predicted molar refractivity (Wildman–Crippen MR) is 85.6 cm³/mol. The lowest BCUT2D eigenvalue weighted by atomic mass is 10.0. The van der Waals surface area contributed by atoms with E-state index in [2.05, 4.69) is 31.7 Å². The van der Waals surface area contributed by atoms with Crippen molar-refractivity contribution in [1.29, 1.82) is 0 Å². The molecule has 20 heavy (non-hydrogen) atoms. The Morgan fingerprint density at radius 1 is 1.35 bits per heavy atom. The van der Waals surface area contributed by atoms with Crippen molar-refractivity contribution in [3.63, 3.8) is 0 Å². The zero-order chi connectivity index (χ0) is 14.7. The van der Waals surface area contributed by atoms with E-state index in [4.69, 9.17) is 22.1 Å². The number of benzene rings is 1. The molecule has 2 rings (SSSR count). The first kappa shape index (κ1) is 15.6. The summed E-state index contributed by atoms with van der Waals surface area (Å²) < 4.78 is 5.81. The van der Waals surface area contributed by atoms with Gasteiger partial charge in [-0.1, -0.05) is 24.6 Å². The molecule has 3 nitrogen and oxygen atoms in total. The third kappa shape index (κ3) is 3.66. The lowest BCUT2D eigenvalue weighted by molar-refractivity contribution is -0.00526. The van der Waals surface area contributed by atoms with Crippen LogP contribution in [0.25, 0.3) is 0 Å². The van der Waals surface area contributed by atoms with Crippen molar-refractivity contribution in [1.82, 2.24) is 0 Å². The third-order valence-electron chi connectivity index (χ3n) is 3.85. The number of nitrogens with two attached hydrogens (primary N) is 1. The summed E-state index contributed by atoms with van der Waals surface area (Å²) in [4.78, 5) is 2.38. The van der Waals surface area contributed by atoms with E-state index < -0.39 is 0 Å². The predicted octanol–water partition coefficient (Wildman–Crippen LogP) is 3.23. The minimum absolute atomic E-state index is 0.157. The molecule has 3 atom stereocenters. The first-order valence-electron chi connectivity index (χ1n) is 7.44. The highest BCUT2D eigenvalue weighted by molar-refractivity contribution is 6.31.